The van der Waals surface area contributed by atoms with E-state index in [0.29, 0.717) is 12.0 Å². The molecular formula is C14H28N4O2. The van der Waals surface area contributed by atoms with Gasteiger partial charge in [-0.1, -0.05) is 0 Å². The highest BCUT2D eigenvalue weighted by atomic mass is 16.5. The Labute approximate surface area is 121 Å². The highest BCUT2D eigenvalue weighted by Crippen LogP contribution is 2.18. The molecule has 1 rings (SSSR count). The zero-order valence-corrected chi connectivity index (χ0v) is 12.7. The molecule has 20 heavy (non-hydrogen) atoms. The van der Waals surface area contributed by atoms with Crippen LogP contribution in [0.2, 0.25) is 0 Å². The van der Waals surface area contributed by atoms with Crippen molar-refractivity contribution in [3.63, 3.8) is 0 Å². The van der Waals surface area contributed by atoms with Crippen LogP contribution in [0.5, 0.6) is 0 Å². The van der Waals surface area contributed by atoms with Gasteiger partial charge in [0.1, 0.15) is 6.54 Å². The van der Waals surface area contributed by atoms with E-state index in [0.717, 1.165) is 52.0 Å². The molecule has 0 bridgehead atoms. The first-order chi connectivity index (χ1) is 9.76. The molecule has 0 atom stereocenters. The largest absolute Gasteiger partial charge is 0.382 e. The van der Waals surface area contributed by atoms with E-state index in [1.165, 1.54) is 0 Å². The van der Waals surface area contributed by atoms with E-state index < -0.39 is 0 Å². The van der Waals surface area contributed by atoms with Crippen LogP contribution in [0.1, 0.15) is 39.5 Å². The highest BCUT2D eigenvalue weighted by Gasteiger charge is 2.22. The standard InChI is InChI=1S/C14H28N4O2/c1-3-15-14(16-9-5-6-10-20-4-2)17-11-13(19)18-12-7-8-12/h12H,3-11H2,1-2H3,(H,18,19)(H2,15,16,17). The predicted octanol–water partition coefficient (Wildman–Crippen LogP) is 0.637. The van der Waals surface area contributed by atoms with Crippen molar-refractivity contribution in [1.29, 1.82) is 0 Å². The van der Waals surface area contributed by atoms with Crippen molar-refractivity contribution in [2.24, 2.45) is 4.99 Å². The van der Waals surface area contributed by atoms with Gasteiger partial charge < -0.3 is 20.7 Å². The summed E-state index contributed by atoms with van der Waals surface area (Å²) in [5, 5.41) is 9.29. The summed E-state index contributed by atoms with van der Waals surface area (Å²) in [6.45, 7) is 7.39. The van der Waals surface area contributed by atoms with Crippen LogP contribution in [0, 0.1) is 0 Å². The lowest BCUT2D eigenvalue weighted by atomic mass is 10.3. The van der Waals surface area contributed by atoms with Crippen molar-refractivity contribution >= 4 is 11.9 Å². The lowest BCUT2D eigenvalue weighted by molar-refractivity contribution is -0.119. The predicted molar refractivity (Wildman–Crippen MR) is 80.9 cm³/mol. The summed E-state index contributed by atoms with van der Waals surface area (Å²) in [4.78, 5) is 15.8. The van der Waals surface area contributed by atoms with E-state index in [-0.39, 0.29) is 12.5 Å². The van der Waals surface area contributed by atoms with Crippen LogP contribution in [-0.2, 0) is 9.53 Å². The van der Waals surface area contributed by atoms with Crippen LogP contribution in [0.25, 0.3) is 0 Å². The minimum absolute atomic E-state index is 0.000971. The van der Waals surface area contributed by atoms with Crippen molar-refractivity contribution in [3.05, 3.63) is 0 Å². The molecule has 0 aromatic carbocycles. The van der Waals surface area contributed by atoms with Gasteiger partial charge >= 0.3 is 0 Å². The van der Waals surface area contributed by atoms with Crippen LogP contribution in [0.15, 0.2) is 4.99 Å². The second kappa shape index (κ2) is 10.5. The van der Waals surface area contributed by atoms with Crippen molar-refractivity contribution < 1.29 is 9.53 Å². The Bertz CT molecular complexity index is 304. The SMILES string of the molecule is CCNC(=NCC(=O)NC1CC1)NCCCCOCC. The van der Waals surface area contributed by atoms with Gasteiger partial charge in [0, 0.05) is 32.3 Å². The molecule has 1 fully saturated rings. The number of ether oxygens (including phenoxy) is 1. The number of hydrogen-bond donors (Lipinski definition) is 3. The van der Waals surface area contributed by atoms with Crippen LogP contribution in [0.4, 0.5) is 0 Å². The molecule has 0 aliphatic heterocycles. The molecule has 0 aromatic heterocycles. The fraction of sp³-hybridized carbons (Fsp3) is 0.857. The minimum Gasteiger partial charge on any atom is -0.382 e. The first-order valence-electron chi connectivity index (χ1n) is 7.65. The first kappa shape index (κ1) is 16.8. The molecule has 0 radical (unpaired) electrons. The van der Waals surface area contributed by atoms with Crippen LogP contribution in [-0.4, -0.2) is 50.8 Å². The third-order valence-corrected chi connectivity index (χ3v) is 2.88. The first-order valence-corrected chi connectivity index (χ1v) is 7.65. The molecule has 1 aliphatic rings. The second-order valence-corrected chi connectivity index (χ2v) is 4.87. The van der Waals surface area contributed by atoms with E-state index in [2.05, 4.69) is 20.9 Å². The monoisotopic (exact) mass is 284 g/mol. The normalized spacial score (nSPS) is 15.0. The molecule has 0 unspecified atom stereocenters. The molecule has 6 heteroatoms. The maximum atomic E-state index is 11.6. The number of rotatable bonds is 10. The Balaban J connectivity index is 2.14. The number of guanidine groups is 1. The smallest absolute Gasteiger partial charge is 0.242 e. The van der Waals surface area contributed by atoms with Crippen LogP contribution >= 0.6 is 0 Å². The number of hydrogen-bond acceptors (Lipinski definition) is 3. The van der Waals surface area contributed by atoms with Gasteiger partial charge in [-0.2, -0.15) is 0 Å². The fourth-order valence-corrected chi connectivity index (χ4v) is 1.67. The quantitative estimate of drug-likeness (QED) is 0.313. The minimum atomic E-state index is 0.000971. The van der Waals surface area contributed by atoms with Gasteiger partial charge in [-0.3, -0.25) is 4.79 Å². The lowest BCUT2D eigenvalue weighted by Crippen LogP contribution is -2.39. The number of aliphatic imine (C=N–C) groups is 1. The summed E-state index contributed by atoms with van der Waals surface area (Å²) in [6.07, 6.45) is 4.27. The van der Waals surface area contributed by atoms with E-state index in [9.17, 15) is 4.79 Å². The Hall–Kier alpha value is -1.30. The number of nitrogens with one attached hydrogen (secondary N) is 3. The average molecular weight is 284 g/mol. The Kier molecular flexibility index (Phi) is 8.78. The number of amides is 1. The van der Waals surface area contributed by atoms with E-state index in [1.54, 1.807) is 0 Å². The summed E-state index contributed by atoms with van der Waals surface area (Å²) in [5.74, 6) is 0.705. The molecule has 0 spiro atoms. The van der Waals surface area contributed by atoms with Crippen LogP contribution in [0.3, 0.4) is 0 Å². The van der Waals surface area contributed by atoms with Crippen molar-refractivity contribution in [2.45, 2.75) is 45.6 Å². The molecule has 1 saturated carbocycles. The molecule has 116 valence electrons. The van der Waals surface area contributed by atoms with E-state index in [4.69, 9.17) is 4.74 Å². The third kappa shape index (κ3) is 8.74. The highest BCUT2D eigenvalue weighted by molar-refractivity contribution is 5.85. The number of unbranched alkanes of at least 4 members (excludes halogenated alkanes) is 1. The van der Waals surface area contributed by atoms with E-state index in [1.807, 2.05) is 13.8 Å². The number of nitrogens with zero attached hydrogens (tertiary/aromatic N) is 1. The molecule has 0 saturated heterocycles. The second-order valence-electron chi connectivity index (χ2n) is 4.87. The third-order valence-electron chi connectivity index (χ3n) is 2.88. The lowest BCUT2D eigenvalue weighted by Gasteiger charge is -2.11. The summed E-state index contributed by atoms with van der Waals surface area (Å²) in [7, 11) is 0. The fourth-order valence-electron chi connectivity index (χ4n) is 1.67. The molecule has 0 heterocycles. The van der Waals surface area contributed by atoms with Gasteiger partial charge in [-0.15, -0.1) is 0 Å². The maximum absolute atomic E-state index is 11.6. The van der Waals surface area contributed by atoms with Gasteiger partial charge in [0.05, 0.1) is 0 Å². The Morgan fingerprint density at radius 1 is 1.25 bits per heavy atom. The number of carbonyl (C=O) groups is 1. The van der Waals surface area contributed by atoms with Gasteiger partial charge in [0.15, 0.2) is 5.96 Å². The van der Waals surface area contributed by atoms with Crippen LogP contribution < -0.4 is 16.0 Å². The summed E-state index contributed by atoms with van der Waals surface area (Å²) in [6, 6.07) is 0.395. The Morgan fingerprint density at radius 2 is 2.05 bits per heavy atom. The van der Waals surface area contributed by atoms with Crippen molar-refractivity contribution in [2.75, 3.05) is 32.8 Å². The molecule has 1 amide bonds. The molecule has 3 N–H and O–H groups in total. The van der Waals surface area contributed by atoms with Gasteiger partial charge in [0.2, 0.25) is 5.91 Å². The molecule has 6 nitrogen and oxygen atoms in total. The maximum Gasteiger partial charge on any atom is 0.242 e. The molecule has 1 aliphatic carbocycles. The molecular weight excluding hydrogens is 256 g/mol. The molecule has 0 aromatic rings. The van der Waals surface area contributed by atoms with E-state index >= 15 is 0 Å². The van der Waals surface area contributed by atoms with Crippen molar-refractivity contribution in [3.8, 4) is 0 Å². The Morgan fingerprint density at radius 3 is 2.70 bits per heavy atom. The topological polar surface area (TPSA) is 74.8 Å². The summed E-state index contributed by atoms with van der Waals surface area (Å²) >= 11 is 0. The summed E-state index contributed by atoms with van der Waals surface area (Å²) < 4.78 is 5.28. The summed E-state index contributed by atoms with van der Waals surface area (Å²) in [5.41, 5.74) is 0. The zero-order chi connectivity index (χ0) is 14.6. The van der Waals surface area contributed by atoms with Gasteiger partial charge in [-0.25, -0.2) is 4.99 Å². The van der Waals surface area contributed by atoms with Gasteiger partial charge in [-0.05, 0) is 39.5 Å². The number of carbonyl (C=O) groups excluding carboxylic acids is 1. The van der Waals surface area contributed by atoms with Gasteiger partial charge in [0.25, 0.3) is 0 Å². The zero-order valence-electron chi connectivity index (χ0n) is 12.7. The average Bonchev–Trinajstić information content (AvgIpc) is 3.23. The van der Waals surface area contributed by atoms with Crippen molar-refractivity contribution in [1.82, 2.24) is 16.0 Å².